The van der Waals surface area contributed by atoms with E-state index in [-0.39, 0.29) is 0 Å². The molecule has 0 saturated carbocycles. The van der Waals surface area contributed by atoms with E-state index in [2.05, 4.69) is 22.1 Å². The van der Waals surface area contributed by atoms with Crippen LogP contribution < -0.4 is 5.73 Å². The summed E-state index contributed by atoms with van der Waals surface area (Å²) in [5.41, 5.74) is 5.37. The van der Waals surface area contributed by atoms with Crippen molar-refractivity contribution in [2.45, 2.75) is 11.7 Å². The molecule has 0 unspecified atom stereocenters. The Morgan fingerprint density at radius 2 is 2.50 bits per heavy atom. The summed E-state index contributed by atoms with van der Waals surface area (Å²) < 4.78 is 1.69. The SMILES string of the molecule is C=CCSc1nnnn1CCN. The number of hydrogen-bond acceptors (Lipinski definition) is 5. The lowest BCUT2D eigenvalue weighted by Gasteiger charge is -1.98. The quantitative estimate of drug-likeness (QED) is 0.513. The fourth-order valence-corrected chi connectivity index (χ4v) is 1.33. The van der Waals surface area contributed by atoms with Gasteiger partial charge in [0, 0.05) is 12.3 Å². The third-order valence-corrected chi connectivity index (χ3v) is 2.12. The molecule has 6 heteroatoms. The van der Waals surface area contributed by atoms with Crippen LogP contribution >= 0.6 is 11.8 Å². The fraction of sp³-hybridized carbons (Fsp3) is 0.500. The summed E-state index contributed by atoms with van der Waals surface area (Å²) in [4.78, 5) is 0. The average Bonchev–Trinajstić information content (AvgIpc) is 2.50. The highest BCUT2D eigenvalue weighted by Crippen LogP contribution is 2.12. The number of thioether (sulfide) groups is 1. The van der Waals surface area contributed by atoms with Gasteiger partial charge in [0.2, 0.25) is 5.16 Å². The van der Waals surface area contributed by atoms with Crippen molar-refractivity contribution in [2.75, 3.05) is 12.3 Å². The first-order chi connectivity index (χ1) is 5.88. The van der Waals surface area contributed by atoms with Crippen LogP contribution in [0.1, 0.15) is 0 Å². The Balaban J connectivity index is 2.56. The van der Waals surface area contributed by atoms with Crippen LogP contribution in [-0.2, 0) is 6.54 Å². The van der Waals surface area contributed by atoms with Crippen LogP contribution in [0.4, 0.5) is 0 Å². The van der Waals surface area contributed by atoms with Gasteiger partial charge in [-0.25, -0.2) is 4.68 Å². The highest BCUT2D eigenvalue weighted by Gasteiger charge is 2.03. The van der Waals surface area contributed by atoms with E-state index in [9.17, 15) is 0 Å². The van der Waals surface area contributed by atoms with Crippen LogP contribution in [0.25, 0.3) is 0 Å². The average molecular weight is 185 g/mol. The molecule has 0 bridgehead atoms. The highest BCUT2D eigenvalue weighted by atomic mass is 32.2. The van der Waals surface area contributed by atoms with Crippen molar-refractivity contribution in [2.24, 2.45) is 5.73 Å². The molecule has 0 aliphatic rings. The molecule has 0 aliphatic carbocycles. The molecule has 0 aliphatic heterocycles. The number of nitrogens with two attached hydrogens (primary N) is 1. The number of rotatable bonds is 5. The first-order valence-corrected chi connectivity index (χ1v) is 4.57. The lowest BCUT2D eigenvalue weighted by Crippen LogP contribution is -2.12. The standard InChI is InChI=1S/C6H11N5S/c1-2-5-12-6-8-9-10-11(6)4-3-7/h2H,1,3-5,7H2. The molecular weight excluding hydrogens is 174 g/mol. The number of aromatic nitrogens is 4. The maximum absolute atomic E-state index is 5.37. The van der Waals surface area contributed by atoms with Gasteiger partial charge in [-0.15, -0.1) is 11.7 Å². The summed E-state index contributed by atoms with van der Waals surface area (Å²) in [5, 5.41) is 12.0. The number of tetrazole rings is 1. The third kappa shape index (κ3) is 2.31. The number of hydrogen-bond donors (Lipinski definition) is 1. The minimum atomic E-state index is 0.548. The van der Waals surface area contributed by atoms with Gasteiger partial charge < -0.3 is 5.73 Å². The molecule has 1 aromatic heterocycles. The maximum Gasteiger partial charge on any atom is 0.209 e. The molecule has 0 radical (unpaired) electrons. The Bertz CT molecular complexity index is 246. The Labute approximate surface area is 75.0 Å². The number of nitrogens with zero attached hydrogens (tertiary/aromatic N) is 4. The molecule has 1 heterocycles. The van der Waals surface area contributed by atoms with Gasteiger partial charge in [-0.05, 0) is 10.4 Å². The summed E-state index contributed by atoms with van der Waals surface area (Å²) in [7, 11) is 0. The molecule has 1 aromatic rings. The normalized spacial score (nSPS) is 10.1. The molecular formula is C6H11N5S. The van der Waals surface area contributed by atoms with Gasteiger partial charge in [-0.3, -0.25) is 0 Å². The van der Waals surface area contributed by atoms with Gasteiger partial charge in [-0.2, -0.15) is 0 Å². The van der Waals surface area contributed by atoms with Crippen LogP contribution in [0.2, 0.25) is 0 Å². The van der Waals surface area contributed by atoms with Gasteiger partial charge in [-0.1, -0.05) is 17.8 Å². The van der Waals surface area contributed by atoms with Crippen molar-refractivity contribution in [1.82, 2.24) is 20.2 Å². The minimum absolute atomic E-state index is 0.548. The van der Waals surface area contributed by atoms with Gasteiger partial charge >= 0.3 is 0 Å². The van der Waals surface area contributed by atoms with Crippen molar-refractivity contribution in [1.29, 1.82) is 0 Å². The van der Waals surface area contributed by atoms with Gasteiger partial charge in [0.05, 0.1) is 6.54 Å². The van der Waals surface area contributed by atoms with Gasteiger partial charge in [0.25, 0.3) is 0 Å². The molecule has 0 fully saturated rings. The zero-order valence-corrected chi connectivity index (χ0v) is 7.50. The Hall–Kier alpha value is -0.880. The van der Waals surface area contributed by atoms with E-state index < -0.39 is 0 Å². The van der Waals surface area contributed by atoms with E-state index in [1.54, 1.807) is 16.4 Å². The molecule has 0 saturated heterocycles. The first-order valence-electron chi connectivity index (χ1n) is 3.58. The zero-order chi connectivity index (χ0) is 8.81. The summed E-state index contributed by atoms with van der Waals surface area (Å²) >= 11 is 1.55. The summed E-state index contributed by atoms with van der Waals surface area (Å²) in [6.45, 7) is 4.82. The predicted octanol–water partition coefficient (Wildman–Crippen LogP) is -0.0901. The third-order valence-electron chi connectivity index (χ3n) is 1.17. The Morgan fingerprint density at radius 1 is 1.67 bits per heavy atom. The second kappa shape index (κ2) is 4.89. The van der Waals surface area contributed by atoms with Gasteiger partial charge in [0.1, 0.15) is 0 Å². The van der Waals surface area contributed by atoms with E-state index >= 15 is 0 Å². The maximum atomic E-state index is 5.37. The summed E-state index contributed by atoms with van der Waals surface area (Å²) in [6.07, 6.45) is 1.81. The Morgan fingerprint density at radius 3 is 3.17 bits per heavy atom. The molecule has 12 heavy (non-hydrogen) atoms. The van der Waals surface area contributed by atoms with Crippen LogP contribution in [-0.4, -0.2) is 32.5 Å². The largest absolute Gasteiger partial charge is 0.329 e. The van der Waals surface area contributed by atoms with Crippen molar-refractivity contribution < 1.29 is 0 Å². The molecule has 0 amide bonds. The molecule has 0 aromatic carbocycles. The topological polar surface area (TPSA) is 69.6 Å². The van der Waals surface area contributed by atoms with Crippen molar-refractivity contribution >= 4 is 11.8 Å². The monoisotopic (exact) mass is 185 g/mol. The minimum Gasteiger partial charge on any atom is -0.329 e. The molecule has 66 valence electrons. The predicted molar refractivity (Wildman–Crippen MR) is 47.8 cm³/mol. The second-order valence-corrected chi connectivity index (χ2v) is 3.06. The molecule has 1 rings (SSSR count). The van der Waals surface area contributed by atoms with E-state index in [0.29, 0.717) is 13.1 Å². The van der Waals surface area contributed by atoms with Crippen molar-refractivity contribution in [3.05, 3.63) is 12.7 Å². The van der Waals surface area contributed by atoms with E-state index in [1.807, 2.05) is 6.08 Å². The molecule has 0 atom stereocenters. The van der Waals surface area contributed by atoms with Crippen LogP contribution in [0.3, 0.4) is 0 Å². The molecule has 0 spiro atoms. The van der Waals surface area contributed by atoms with E-state index in [0.717, 1.165) is 10.9 Å². The second-order valence-electron chi connectivity index (χ2n) is 2.07. The van der Waals surface area contributed by atoms with Gasteiger partial charge in [0.15, 0.2) is 0 Å². The molecule has 2 N–H and O–H groups in total. The summed E-state index contributed by atoms with van der Waals surface area (Å²) in [6, 6.07) is 0. The van der Waals surface area contributed by atoms with Crippen molar-refractivity contribution in [3.63, 3.8) is 0 Å². The van der Waals surface area contributed by atoms with Crippen molar-refractivity contribution in [3.8, 4) is 0 Å². The van der Waals surface area contributed by atoms with Crippen LogP contribution in [0.5, 0.6) is 0 Å². The smallest absolute Gasteiger partial charge is 0.209 e. The fourth-order valence-electron chi connectivity index (χ4n) is 0.696. The van der Waals surface area contributed by atoms with E-state index in [4.69, 9.17) is 5.73 Å². The lowest BCUT2D eigenvalue weighted by molar-refractivity contribution is 0.557. The summed E-state index contributed by atoms with van der Waals surface area (Å²) in [5.74, 6) is 0.810. The Kier molecular flexibility index (Phi) is 3.75. The lowest BCUT2D eigenvalue weighted by atomic mass is 10.7. The van der Waals surface area contributed by atoms with E-state index in [1.165, 1.54) is 0 Å². The zero-order valence-electron chi connectivity index (χ0n) is 6.68. The van der Waals surface area contributed by atoms with Crippen LogP contribution in [0.15, 0.2) is 17.8 Å². The highest BCUT2D eigenvalue weighted by molar-refractivity contribution is 7.99. The first kappa shape index (κ1) is 9.21. The molecule has 5 nitrogen and oxygen atoms in total. The van der Waals surface area contributed by atoms with Crippen LogP contribution in [0, 0.1) is 0 Å².